The lowest BCUT2D eigenvalue weighted by atomic mass is 9.92. The number of benzene rings is 1. The summed E-state index contributed by atoms with van der Waals surface area (Å²) in [4.78, 5) is 0. The molecule has 0 spiro atoms. The zero-order chi connectivity index (χ0) is 13.8. The topological polar surface area (TPSA) is 38.0 Å². The molecule has 1 aromatic carbocycles. The summed E-state index contributed by atoms with van der Waals surface area (Å²) in [5.41, 5.74) is 4.84. The minimum absolute atomic E-state index is 0.0165. The number of nitrogens with one attached hydrogen (secondary N) is 1. The van der Waals surface area contributed by atoms with E-state index in [1.165, 1.54) is 12.1 Å². The van der Waals surface area contributed by atoms with Gasteiger partial charge >= 0.3 is 6.18 Å². The van der Waals surface area contributed by atoms with Crippen LogP contribution in [0.1, 0.15) is 12.5 Å². The van der Waals surface area contributed by atoms with Crippen molar-refractivity contribution in [3.05, 3.63) is 35.6 Å². The fraction of sp³-hybridized carbons (Fsp3) is 0.500. The minimum atomic E-state index is -4.31. The van der Waals surface area contributed by atoms with E-state index in [0.717, 1.165) is 0 Å². The lowest BCUT2D eigenvalue weighted by Crippen LogP contribution is -2.53. The quantitative estimate of drug-likeness (QED) is 0.800. The van der Waals surface area contributed by atoms with E-state index in [2.05, 4.69) is 5.32 Å². The van der Waals surface area contributed by atoms with Gasteiger partial charge < -0.3 is 11.1 Å². The molecule has 0 saturated carbocycles. The van der Waals surface area contributed by atoms with Gasteiger partial charge in [0.05, 0.1) is 6.54 Å². The van der Waals surface area contributed by atoms with Crippen LogP contribution >= 0.6 is 0 Å². The van der Waals surface area contributed by atoms with Crippen molar-refractivity contribution in [2.75, 3.05) is 13.1 Å². The first kappa shape index (κ1) is 14.9. The molecule has 0 amide bonds. The van der Waals surface area contributed by atoms with Crippen molar-refractivity contribution < 1.29 is 17.6 Å². The maximum atomic E-state index is 13.4. The van der Waals surface area contributed by atoms with E-state index < -0.39 is 24.1 Å². The second kappa shape index (κ2) is 5.67. The van der Waals surface area contributed by atoms with Crippen LogP contribution in [0.25, 0.3) is 0 Å². The Kier molecular flexibility index (Phi) is 4.70. The molecule has 0 radical (unpaired) electrons. The average Bonchev–Trinajstić information content (AvgIpc) is 2.29. The van der Waals surface area contributed by atoms with Crippen molar-refractivity contribution >= 4 is 0 Å². The Morgan fingerprint density at radius 3 is 2.33 bits per heavy atom. The highest BCUT2D eigenvalue weighted by atomic mass is 19.4. The molecule has 0 aliphatic rings. The summed E-state index contributed by atoms with van der Waals surface area (Å²) in [6, 6.07) is 5.98. The Hall–Kier alpha value is -1.14. The zero-order valence-electron chi connectivity index (χ0n) is 10.0. The van der Waals surface area contributed by atoms with Gasteiger partial charge in [-0.25, -0.2) is 4.39 Å². The standard InChI is InChI=1S/C12H16F4N2/c1-11(7-17,18-8-12(14,15)16)6-9-4-2-3-5-10(9)13/h2-5,18H,6-8,17H2,1H3. The van der Waals surface area contributed by atoms with Gasteiger partial charge in [0.15, 0.2) is 0 Å². The van der Waals surface area contributed by atoms with Crippen molar-refractivity contribution in [3.8, 4) is 0 Å². The SMILES string of the molecule is CC(CN)(Cc1ccccc1F)NCC(F)(F)F. The second-order valence-corrected chi connectivity index (χ2v) is 4.50. The first-order chi connectivity index (χ1) is 8.26. The molecule has 0 bridgehead atoms. The summed E-state index contributed by atoms with van der Waals surface area (Å²) in [6.07, 6.45) is -4.21. The molecule has 1 atom stereocenters. The van der Waals surface area contributed by atoms with E-state index in [4.69, 9.17) is 5.73 Å². The first-order valence-corrected chi connectivity index (χ1v) is 5.51. The lowest BCUT2D eigenvalue weighted by molar-refractivity contribution is -0.128. The summed E-state index contributed by atoms with van der Waals surface area (Å²) in [5, 5.41) is 2.34. The maximum Gasteiger partial charge on any atom is 0.401 e. The van der Waals surface area contributed by atoms with Gasteiger partial charge in [-0.2, -0.15) is 13.2 Å². The molecular formula is C12H16F4N2. The highest BCUT2D eigenvalue weighted by molar-refractivity contribution is 5.20. The third-order valence-corrected chi connectivity index (χ3v) is 2.70. The van der Waals surface area contributed by atoms with Gasteiger partial charge in [-0.1, -0.05) is 18.2 Å². The van der Waals surface area contributed by atoms with E-state index in [1.54, 1.807) is 19.1 Å². The minimum Gasteiger partial charge on any atom is -0.329 e. The molecule has 2 nitrogen and oxygen atoms in total. The van der Waals surface area contributed by atoms with E-state index in [9.17, 15) is 17.6 Å². The molecule has 3 N–H and O–H groups in total. The summed E-state index contributed by atoms with van der Waals surface area (Å²) >= 11 is 0. The molecular weight excluding hydrogens is 248 g/mol. The Balaban J connectivity index is 2.74. The van der Waals surface area contributed by atoms with Crippen molar-refractivity contribution in [1.82, 2.24) is 5.32 Å². The second-order valence-electron chi connectivity index (χ2n) is 4.50. The summed E-state index contributed by atoms with van der Waals surface area (Å²) in [6.45, 7) is 0.387. The number of alkyl halides is 3. The highest BCUT2D eigenvalue weighted by Gasteiger charge is 2.32. The molecule has 0 aliphatic carbocycles. The van der Waals surface area contributed by atoms with Crippen molar-refractivity contribution in [2.24, 2.45) is 5.73 Å². The van der Waals surface area contributed by atoms with E-state index in [-0.39, 0.29) is 13.0 Å². The molecule has 0 fully saturated rings. The molecule has 102 valence electrons. The smallest absolute Gasteiger partial charge is 0.329 e. The van der Waals surface area contributed by atoms with E-state index in [1.807, 2.05) is 0 Å². The third-order valence-electron chi connectivity index (χ3n) is 2.70. The molecule has 1 unspecified atom stereocenters. The number of hydrogen-bond acceptors (Lipinski definition) is 2. The molecule has 1 rings (SSSR count). The Morgan fingerprint density at radius 1 is 1.22 bits per heavy atom. The molecule has 1 aromatic rings. The van der Waals surface area contributed by atoms with Gasteiger partial charge in [0.2, 0.25) is 0 Å². The fourth-order valence-corrected chi connectivity index (χ4v) is 1.58. The molecule has 0 aromatic heterocycles. The third kappa shape index (κ3) is 4.62. The highest BCUT2D eigenvalue weighted by Crippen LogP contribution is 2.18. The molecule has 6 heteroatoms. The van der Waals surface area contributed by atoms with Gasteiger partial charge in [-0.05, 0) is 25.0 Å². The monoisotopic (exact) mass is 264 g/mol. The zero-order valence-corrected chi connectivity index (χ0v) is 10.0. The van der Waals surface area contributed by atoms with Crippen molar-refractivity contribution in [2.45, 2.75) is 25.1 Å². The van der Waals surface area contributed by atoms with E-state index >= 15 is 0 Å². The Morgan fingerprint density at radius 2 is 1.83 bits per heavy atom. The van der Waals surface area contributed by atoms with Crippen LogP contribution in [0.15, 0.2) is 24.3 Å². The Labute approximate surface area is 103 Å². The van der Waals surface area contributed by atoms with Gasteiger partial charge in [0.1, 0.15) is 5.82 Å². The number of halogens is 4. The summed E-state index contributed by atoms with van der Waals surface area (Å²) in [5.74, 6) is -0.439. The lowest BCUT2D eigenvalue weighted by Gasteiger charge is -2.30. The maximum absolute atomic E-state index is 13.4. The average molecular weight is 264 g/mol. The molecule has 0 aliphatic heterocycles. The van der Waals surface area contributed by atoms with Crippen molar-refractivity contribution in [3.63, 3.8) is 0 Å². The van der Waals surface area contributed by atoms with Crippen LogP contribution in [0.2, 0.25) is 0 Å². The van der Waals surface area contributed by atoms with Crippen molar-refractivity contribution in [1.29, 1.82) is 0 Å². The molecule has 0 saturated heterocycles. The number of hydrogen-bond donors (Lipinski definition) is 2. The van der Waals surface area contributed by atoms with Gasteiger partial charge in [0, 0.05) is 12.1 Å². The Bertz CT molecular complexity index is 392. The molecule has 0 heterocycles. The van der Waals surface area contributed by atoms with Crippen LogP contribution in [0.5, 0.6) is 0 Å². The van der Waals surface area contributed by atoms with Crippen LogP contribution in [0, 0.1) is 5.82 Å². The predicted octanol–water partition coefficient (Wildman–Crippen LogP) is 2.24. The van der Waals surface area contributed by atoms with Crippen LogP contribution in [0.3, 0.4) is 0 Å². The van der Waals surface area contributed by atoms with Gasteiger partial charge in [-0.3, -0.25) is 0 Å². The molecule has 18 heavy (non-hydrogen) atoms. The van der Waals surface area contributed by atoms with Crippen LogP contribution in [-0.4, -0.2) is 24.8 Å². The normalized spacial score (nSPS) is 15.4. The number of nitrogens with two attached hydrogens (primary N) is 1. The van der Waals surface area contributed by atoms with Gasteiger partial charge in [-0.15, -0.1) is 0 Å². The van der Waals surface area contributed by atoms with Crippen LogP contribution in [-0.2, 0) is 6.42 Å². The summed E-state index contributed by atoms with van der Waals surface area (Å²) in [7, 11) is 0. The van der Waals surface area contributed by atoms with Crippen LogP contribution in [0.4, 0.5) is 17.6 Å². The largest absolute Gasteiger partial charge is 0.401 e. The fourth-order valence-electron chi connectivity index (χ4n) is 1.58. The first-order valence-electron chi connectivity index (χ1n) is 5.51. The number of rotatable bonds is 5. The van der Waals surface area contributed by atoms with Gasteiger partial charge in [0.25, 0.3) is 0 Å². The van der Waals surface area contributed by atoms with E-state index in [0.29, 0.717) is 5.56 Å². The predicted molar refractivity (Wildman–Crippen MR) is 61.6 cm³/mol. The summed E-state index contributed by atoms with van der Waals surface area (Å²) < 4.78 is 49.9. The van der Waals surface area contributed by atoms with Crippen LogP contribution < -0.4 is 11.1 Å².